The molecule has 0 saturated carbocycles. The van der Waals surface area contributed by atoms with E-state index in [1.165, 1.54) is 12.8 Å². The molecule has 3 saturated heterocycles. The highest BCUT2D eigenvalue weighted by molar-refractivity contribution is 7.59. The van der Waals surface area contributed by atoms with Gasteiger partial charge in [0, 0.05) is 70.9 Å². The Kier molecular flexibility index (Phi) is 22.1. The van der Waals surface area contributed by atoms with Crippen LogP contribution in [0.3, 0.4) is 0 Å². The summed E-state index contributed by atoms with van der Waals surface area (Å²) in [7, 11) is 3.46. The van der Waals surface area contributed by atoms with Crippen molar-refractivity contribution in [2.24, 2.45) is 0 Å². The monoisotopic (exact) mass is 701 g/mol. The van der Waals surface area contributed by atoms with E-state index in [1.54, 1.807) is 28.8 Å². The van der Waals surface area contributed by atoms with Gasteiger partial charge in [0.05, 0.1) is 0 Å². The molecule has 3 aliphatic heterocycles. The van der Waals surface area contributed by atoms with Crippen LogP contribution in [0.15, 0.2) is 30.3 Å². The van der Waals surface area contributed by atoms with Gasteiger partial charge in [-0.25, -0.2) is 9.59 Å². The fraction of sp³-hybridized carbons (Fsp3) is 0.714. The van der Waals surface area contributed by atoms with E-state index in [2.05, 4.69) is 0 Å². The summed E-state index contributed by atoms with van der Waals surface area (Å²) in [5.74, 6) is 0.131. The number of carbonyl (C=O) groups is 4. The molecule has 0 radical (unpaired) electrons. The van der Waals surface area contributed by atoms with Gasteiger partial charge in [-0.05, 0) is 80.1 Å². The fourth-order valence-corrected chi connectivity index (χ4v) is 5.07. The quantitative estimate of drug-likeness (QED) is 0.300. The summed E-state index contributed by atoms with van der Waals surface area (Å²) in [4.78, 5) is 53.1. The number of ketones is 1. The van der Waals surface area contributed by atoms with Crippen molar-refractivity contribution in [3.8, 4) is 0 Å². The van der Waals surface area contributed by atoms with Crippen molar-refractivity contribution in [2.45, 2.75) is 124 Å². The Morgan fingerprint density at radius 1 is 0.745 bits per heavy atom. The van der Waals surface area contributed by atoms with E-state index in [-0.39, 0.29) is 70.4 Å². The van der Waals surface area contributed by atoms with E-state index >= 15 is 0 Å². The van der Waals surface area contributed by atoms with E-state index in [9.17, 15) is 19.2 Å². The Bertz CT molecular complexity index is 1060. The molecule has 0 unspecified atom stereocenters. The number of hydrogen-bond donors (Lipinski definition) is 0. The van der Waals surface area contributed by atoms with Crippen molar-refractivity contribution in [1.29, 1.82) is 0 Å². The predicted molar refractivity (Wildman–Crippen MR) is 198 cm³/mol. The first-order chi connectivity index (χ1) is 20.6. The lowest BCUT2D eigenvalue weighted by atomic mass is 10.0. The molecule has 2 atom stereocenters. The second-order valence-electron chi connectivity index (χ2n) is 13.7. The Morgan fingerprint density at radius 2 is 1.17 bits per heavy atom. The van der Waals surface area contributed by atoms with Gasteiger partial charge >= 0.3 is 12.2 Å². The molecular weight excluding hydrogens is 639 g/mol. The van der Waals surface area contributed by atoms with E-state index in [4.69, 9.17) is 14.2 Å². The van der Waals surface area contributed by atoms with E-state index in [1.807, 2.05) is 71.9 Å². The molecule has 3 amide bonds. The highest BCUT2D eigenvalue weighted by Crippen LogP contribution is 2.25. The predicted octanol–water partition coefficient (Wildman–Crippen LogP) is 7.18. The number of hydrogen-bond acceptors (Lipinski definition) is 7. The van der Waals surface area contributed by atoms with Crippen molar-refractivity contribution < 1.29 is 33.4 Å². The first-order valence-electron chi connectivity index (χ1n) is 15.9. The largest absolute Gasteiger partial charge is 0.444 e. The van der Waals surface area contributed by atoms with Gasteiger partial charge in [0.15, 0.2) is 5.78 Å². The molecule has 0 aliphatic carbocycles. The number of carbonyl (C=O) groups excluding carboxylic acids is 4. The molecule has 47 heavy (non-hydrogen) atoms. The zero-order valence-electron chi connectivity index (χ0n) is 29.2. The van der Waals surface area contributed by atoms with Crippen LogP contribution in [0.25, 0.3) is 0 Å². The zero-order valence-corrected chi connectivity index (χ0v) is 31.2. The molecule has 272 valence electrons. The van der Waals surface area contributed by atoms with Gasteiger partial charge in [0.2, 0.25) is 5.91 Å². The van der Waals surface area contributed by atoms with Crippen LogP contribution >= 0.6 is 27.0 Å². The third-order valence-corrected chi connectivity index (χ3v) is 7.26. The van der Waals surface area contributed by atoms with Crippen LogP contribution in [-0.2, 0) is 19.0 Å². The van der Waals surface area contributed by atoms with E-state index in [0.717, 1.165) is 38.9 Å². The van der Waals surface area contributed by atoms with Crippen LogP contribution in [0.2, 0.25) is 0 Å². The number of benzene rings is 1. The highest BCUT2D eigenvalue weighted by atomic mass is 32.1. The number of Topliss-reactive ketones (excluding diaryl/α,β-unsaturated/α-hetero) is 1. The van der Waals surface area contributed by atoms with Gasteiger partial charge < -0.3 is 28.9 Å². The van der Waals surface area contributed by atoms with Gasteiger partial charge in [-0.1, -0.05) is 37.8 Å². The summed E-state index contributed by atoms with van der Waals surface area (Å²) >= 11 is 0. The first kappa shape index (κ1) is 46.7. The maximum absolute atomic E-state index is 12.3. The zero-order chi connectivity index (χ0) is 32.9. The molecule has 0 aromatic heterocycles. The Morgan fingerprint density at radius 3 is 1.53 bits per heavy atom. The van der Waals surface area contributed by atoms with Crippen molar-refractivity contribution in [3.05, 3.63) is 35.9 Å². The molecule has 4 rings (SSSR count). The summed E-state index contributed by atoms with van der Waals surface area (Å²) in [6, 6.07) is 9.16. The maximum atomic E-state index is 12.3. The number of rotatable bonds is 5. The van der Waals surface area contributed by atoms with Crippen LogP contribution in [0.1, 0.15) is 111 Å². The lowest BCUT2D eigenvalue weighted by Gasteiger charge is -2.28. The van der Waals surface area contributed by atoms with E-state index < -0.39 is 11.2 Å². The average molecular weight is 702 g/mol. The van der Waals surface area contributed by atoms with Gasteiger partial charge in [0.1, 0.15) is 11.2 Å². The fourth-order valence-electron chi connectivity index (χ4n) is 5.07. The van der Waals surface area contributed by atoms with Crippen molar-refractivity contribution in [3.63, 3.8) is 0 Å². The number of amides is 3. The topological polar surface area (TPSA) is 106 Å². The SMILES string of the molecule is C.C1CCOC1.CC(C)(C)OC(=O)N1CCC[C@H]1CC(=O)c1ccccc1.CN(C)C(=O)C[C@@H]1CCCN1C(=O)OC(C)(C)C.S.S. The van der Waals surface area contributed by atoms with Crippen LogP contribution in [0, 0.1) is 0 Å². The molecule has 3 fully saturated rings. The molecule has 0 spiro atoms. The highest BCUT2D eigenvalue weighted by Gasteiger charge is 2.34. The number of likely N-dealkylation sites (tertiary alicyclic amines) is 2. The molecule has 3 aliphatic rings. The van der Waals surface area contributed by atoms with Gasteiger partial charge in [-0.15, -0.1) is 0 Å². The molecule has 0 N–H and O–H groups in total. The standard InChI is InChI=1S/C17H23NO3.C13H24N2O3.C4H8O.CH4.2H2S/c1-17(2,3)21-16(20)18-11-7-10-14(18)12-15(19)13-8-5-4-6-9-13;1-13(2,3)18-12(17)15-8-6-7-10(15)9-11(16)14(4)5;1-2-4-5-3-1;;;/h4-6,8-9,14H,7,10-12H2,1-3H3;10H,6-9H2,1-5H3;1-4H2;1H4;2*1H2/t14-;10-;;;;/m00..../s1. The lowest BCUT2D eigenvalue weighted by molar-refractivity contribution is -0.129. The average Bonchev–Trinajstić information content (AvgIpc) is 3.71. The third kappa shape index (κ3) is 18.1. The van der Waals surface area contributed by atoms with Crippen molar-refractivity contribution in [2.75, 3.05) is 40.4 Å². The van der Waals surface area contributed by atoms with Gasteiger partial charge in [-0.2, -0.15) is 27.0 Å². The number of nitrogens with zero attached hydrogens (tertiary/aromatic N) is 3. The smallest absolute Gasteiger partial charge is 0.410 e. The Labute approximate surface area is 298 Å². The Hall–Kier alpha value is -2.44. The Balaban J connectivity index is 0. The third-order valence-electron chi connectivity index (χ3n) is 7.26. The lowest BCUT2D eigenvalue weighted by Crippen LogP contribution is -2.41. The number of ether oxygens (including phenoxy) is 3. The molecule has 1 aromatic carbocycles. The second-order valence-corrected chi connectivity index (χ2v) is 13.7. The van der Waals surface area contributed by atoms with Crippen LogP contribution < -0.4 is 0 Å². The minimum Gasteiger partial charge on any atom is -0.444 e. The van der Waals surface area contributed by atoms with Crippen LogP contribution in [-0.4, -0.2) is 102 Å². The first-order valence-corrected chi connectivity index (χ1v) is 15.9. The minimum atomic E-state index is -0.506. The van der Waals surface area contributed by atoms with Gasteiger partial charge in [-0.3, -0.25) is 9.59 Å². The molecule has 3 heterocycles. The summed E-state index contributed by atoms with van der Waals surface area (Å²) < 4.78 is 15.7. The maximum Gasteiger partial charge on any atom is 0.410 e. The summed E-state index contributed by atoms with van der Waals surface area (Å²) in [5.41, 5.74) is -0.294. The molecule has 1 aromatic rings. The van der Waals surface area contributed by atoms with Crippen LogP contribution in [0.5, 0.6) is 0 Å². The molecule has 12 heteroatoms. The molecular formula is C35H63N3O7S2. The molecule has 10 nitrogen and oxygen atoms in total. The van der Waals surface area contributed by atoms with Crippen molar-refractivity contribution >= 4 is 50.9 Å². The summed E-state index contributed by atoms with van der Waals surface area (Å²) in [6.07, 6.45) is 6.27. The summed E-state index contributed by atoms with van der Waals surface area (Å²) in [6.45, 7) is 14.5. The van der Waals surface area contributed by atoms with Crippen LogP contribution in [0.4, 0.5) is 9.59 Å². The summed E-state index contributed by atoms with van der Waals surface area (Å²) in [5, 5.41) is 0. The van der Waals surface area contributed by atoms with E-state index in [0.29, 0.717) is 31.5 Å². The van der Waals surface area contributed by atoms with Crippen molar-refractivity contribution in [1.82, 2.24) is 14.7 Å². The normalized spacial score (nSPS) is 18.5. The second kappa shape index (κ2) is 22.2. The van der Waals surface area contributed by atoms with Gasteiger partial charge in [0.25, 0.3) is 0 Å². The minimum absolute atomic E-state index is 0. The molecule has 0 bridgehead atoms.